The minimum absolute atomic E-state index is 0.213. The number of hydrogen-bond acceptors (Lipinski definition) is 4. The maximum atomic E-state index is 9.03. The largest absolute Gasteiger partial charge is 0.395 e. The van der Waals surface area contributed by atoms with Gasteiger partial charge in [-0.1, -0.05) is 6.92 Å². The summed E-state index contributed by atoms with van der Waals surface area (Å²) in [5.41, 5.74) is 0. The van der Waals surface area contributed by atoms with Crippen LogP contribution in [0.15, 0.2) is 6.20 Å². The topological polar surface area (TPSA) is 45.1 Å². The molecule has 1 aliphatic rings. The summed E-state index contributed by atoms with van der Waals surface area (Å²) >= 11 is 1.81. The molecule has 4 heteroatoms. The molecule has 0 spiro atoms. The number of aliphatic hydroxyl groups excluding tert-OH is 1. The molecule has 0 aliphatic heterocycles. The Labute approximate surface area is 94.5 Å². The van der Waals surface area contributed by atoms with Crippen molar-refractivity contribution in [1.82, 2.24) is 10.3 Å². The monoisotopic (exact) mass is 226 g/mol. The molecule has 1 unspecified atom stereocenters. The Bertz CT molecular complexity index is 305. The number of thiazole rings is 1. The fourth-order valence-corrected chi connectivity index (χ4v) is 2.54. The number of nitrogens with zero attached hydrogens (tertiary/aromatic N) is 1. The summed E-state index contributed by atoms with van der Waals surface area (Å²) in [6.07, 6.45) is 5.56. The molecule has 3 nitrogen and oxygen atoms in total. The van der Waals surface area contributed by atoms with Crippen molar-refractivity contribution in [1.29, 1.82) is 0 Å². The molecular formula is C11H18N2OS. The lowest BCUT2D eigenvalue weighted by Crippen LogP contribution is -2.30. The lowest BCUT2D eigenvalue weighted by Gasteiger charge is -2.12. The van der Waals surface area contributed by atoms with Gasteiger partial charge in [0.25, 0.3) is 0 Å². The third-order valence-electron chi connectivity index (χ3n) is 2.78. The summed E-state index contributed by atoms with van der Waals surface area (Å²) in [5, 5.41) is 13.7. The van der Waals surface area contributed by atoms with E-state index in [1.807, 2.05) is 17.5 Å². The Morgan fingerprint density at radius 3 is 3.07 bits per heavy atom. The fraction of sp³-hybridized carbons (Fsp3) is 0.727. The molecular weight excluding hydrogens is 208 g/mol. The smallest absolute Gasteiger partial charge is 0.0959 e. The molecule has 1 fully saturated rings. The first kappa shape index (κ1) is 11.0. The van der Waals surface area contributed by atoms with Gasteiger partial charge in [-0.25, -0.2) is 4.98 Å². The molecule has 1 aromatic heterocycles. The number of nitrogens with one attached hydrogen (secondary N) is 1. The summed E-state index contributed by atoms with van der Waals surface area (Å²) in [4.78, 5) is 5.71. The summed E-state index contributed by atoms with van der Waals surface area (Å²) in [5.74, 6) is 0.753. The van der Waals surface area contributed by atoms with Crippen molar-refractivity contribution in [3.63, 3.8) is 0 Å². The molecule has 1 saturated carbocycles. The first-order chi connectivity index (χ1) is 7.33. The van der Waals surface area contributed by atoms with Gasteiger partial charge in [0, 0.05) is 29.6 Å². The predicted octanol–water partition coefficient (Wildman–Crippen LogP) is 1.88. The second kappa shape index (κ2) is 5.05. The summed E-state index contributed by atoms with van der Waals surface area (Å²) < 4.78 is 0. The molecule has 0 aromatic carbocycles. The van der Waals surface area contributed by atoms with Crippen LogP contribution in [-0.2, 0) is 6.54 Å². The maximum absolute atomic E-state index is 9.03. The summed E-state index contributed by atoms with van der Waals surface area (Å²) in [6, 6.07) is 0.219. The van der Waals surface area contributed by atoms with Gasteiger partial charge in [-0.2, -0.15) is 0 Å². The van der Waals surface area contributed by atoms with E-state index in [0.29, 0.717) is 0 Å². The highest BCUT2D eigenvalue weighted by molar-refractivity contribution is 7.11. The number of aliphatic hydroxyl groups is 1. The van der Waals surface area contributed by atoms with Gasteiger partial charge in [0.15, 0.2) is 0 Å². The van der Waals surface area contributed by atoms with Gasteiger partial charge < -0.3 is 10.4 Å². The Morgan fingerprint density at radius 2 is 2.47 bits per heavy atom. The highest BCUT2D eigenvalue weighted by Gasteiger charge is 2.26. The molecule has 1 aliphatic carbocycles. The molecule has 0 saturated heterocycles. The second-order valence-corrected chi connectivity index (χ2v) is 5.25. The van der Waals surface area contributed by atoms with Crippen molar-refractivity contribution in [2.45, 2.75) is 44.7 Å². The normalized spacial score (nSPS) is 18.0. The Hall–Kier alpha value is -0.450. The number of rotatable bonds is 6. The second-order valence-electron chi connectivity index (χ2n) is 4.11. The van der Waals surface area contributed by atoms with Gasteiger partial charge in [-0.3, -0.25) is 0 Å². The summed E-state index contributed by atoms with van der Waals surface area (Å²) in [7, 11) is 0. The van der Waals surface area contributed by atoms with E-state index in [1.165, 1.54) is 22.7 Å². The van der Waals surface area contributed by atoms with Crippen molar-refractivity contribution < 1.29 is 5.11 Å². The van der Waals surface area contributed by atoms with Gasteiger partial charge in [0.05, 0.1) is 11.6 Å². The van der Waals surface area contributed by atoms with Gasteiger partial charge in [-0.05, 0) is 19.3 Å². The van der Waals surface area contributed by atoms with Crippen LogP contribution in [0.2, 0.25) is 0 Å². The fourth-order valence-electron chi connectivity index (χ4n) is 1.51. The van der Waals surface area contributed by atoms with Gasteiger partial charge in [0.1, 0.15) is 0 Å². The van der Waals surface area contributed by atoms with Gasteiger partial charge in [0.2, 0.25) is 0 Å². The number of hydrogen-bond donors (Lipinski definition) is 2. The average molecular weight is 226 g/mol. The Morgan fingerprint density at radius 1 is 1.67 bits per heavy atom. The van der Waals surface area contributed by atoms with E-state index in [1.54, 1.807) is 0 Å². The van der Waals surface area contributed by atoms with E-state index in [0.717, 1.165) is 18.9 Å². The lowest BCUT2D eigenvalue weighted by atomic mass is 10.2. The van der Waals surface area contributed by atoms with Crippen LogP contribution < -0.4 is 5.32 Å². The van der Waals surface area contributed by atoms with Crippen molar-refractivity contribution in [3.8, 4) is 0 Å². The van der Waals surface area contributed by atoms with Crippen LogP contribution in [0, 0.1) is 0 Å². The first-order valence-electron chi connectivity index (χ1n) is 5.62. The van der Waals surface area contributed by atoms with Crippen LogP contribution in [0.5, 0.6) is 0 Å². The Kier molecular flexibility index (Phi) is 3.72. The molecule has 1 heterocycles. The van der Waals surface area contributed by atoms with E-state index in [2.05, 4.69) is 17.2 Å². The van der Waals surface area contributed by atoms with Crippen LogP contribution in [0.25, 0.3) is 0 Å². The lowest BCUT2D eigenvalue weighted by molar-refractivity contribution is 0.238. The number of aromatic nitrogens is 1. The third kappa shape index (κ3) is 3.00. The average Bonchev–Trinajstić information content (AvgIpc) is 3.01. The quantitative estimate of drug-likeness (QED) is 0.778. The molecule has 1 atom stereocenters. The van der Waals surface area contributed by atoms with Crippen LogP contribution >= 0.6 is 11.3 Å². The van der Waals surface area contributed by atoms with Crippen LogP contribution in [0.3, 0.4) is 0 Å². The van der Waals surface area contributed by atoms with Gasteiger partial charge >= 0.3 is 0 Å². The third-order valence-corrected chi connectivity index (χ3v) is 3.94. The first-order valence-corrected chi connectivity index (χ1v) is 6.44. The molecule has 1 aromatic rings. The van der Waals surface area contributed by atoms with Crippen molar-refractivity contribution in [2.75, 3.05) is 6.61 Å². The van der Waals surface area contributed by atoms with E-state index < -0.39 is 0 Å². The van der Waals surface area contributed by atoms with Crippen molar-refractivity contribution in [2.24, 2.45) is 0 Å². The molecule has 84 valence electrons. The Balaban J connectivity index is 1.82. The zero-order chi connectivity index (χ0) is 10.7. The predicted molar refractivity (Wildman–Crippen MR) is 62.1 cm³/mol. The molecule has 2 N–H and O–H groups in total. The molecule has 15 heavy (non-hydrogen) atoms. The highest BCUT2D eigenvalue weighted by Crippen LogP contribution is 2.41. The highest BCUT2D eigenvalue weighted by atomic mass is 32.1. The molecule has 2 rings (SSSR count). The van der Waals surface area contributed by atoms with Crippen LogP contribution in [0.1, 0.15) is 42.0 Å². The standard InChI is InChI=1S/C11H18N2OS/c1-2-9(7-14)12-5-10-6-13-11(15-10)8-3-4-8/h6,8-9,12,14H,2-5,7H2,1H3. The minimum atomic E-state index is 0.213. The van der Waals surface area contributed by atoms with Crippen molar-refractivity contribution >= 4 is 11.3 Å². The SMILES string of the molecule is CCC(CO)NCc1cnc(C2CC2)s1. The van der Waals surface area contributed by atoms with E-state index in [4.69, 9.17) is 5.11 Å². The van der Waals surface area contributed by atoms with Gasteiger partial charge in [-0.15, -0.1) is 11.3 Å². The van der Waals surface area contributed by atoms with E-state index >= 15 is 0 Å². The zero-order valence-electron chi connectivity index (χ0n) is 9.07. The van der Waals surface area contributed by atoms with Crippen molar-refractivity contribution in [3.05, 3.63) is 16.1 Å². The van der Waals surface area contributed by atoms with Crippen LogP contribution in [-0.4, -0.2) is 22.7 Å². The maximum Gasteiger partial charge on any atom is 0.0959 e. The van der Waals surface area contributed by atoms with E-state index in [-0.39, 0.29) is 12.6 Å². The summed E-state index contributed by atoms with van der Waals surface area (Å²) in [6.45, 7) is 3.13. The minimum Gasteiger partial charge on any atom is -0.395 e. The zero-order valence-corrected chi connectivity index (χ0v) is 9.89. The molecule has 0 bridgehead atoms. The molecule has 0 radical (unpaired) electrons. The molecule has 0 amide bonds. The van der Waals surface area contributed by atoms with Crippen LogP contribution in [0.4, 0.5) is 0 Å². The van der Waals surface area contributed by atoms with E-state index in [9.17, 15) is 0 Å².